The van der Waals surface area contributed by atoms with Gasteiger partial charge in [-0.25, -0.2) is 9.37 Å². The minimum atomic E-state index is -0.300. The van der Waals surface area contributed by atoms with Gasteiger partial charge in [0.15, 0.2) is 0 Å². The maximum absolute atomic E-state index is 13.5. The molecule has 2 aromatic rings. The zero-order chi connectivity index (χ0) is 14.5. The molecule has 0 aliphatic heterocycles. The zero-order valence-corrected chi connectivity index (χ0v) is 12.5. The van der Waals surface area contributed by atoms with Crippen molar-refractivity contribution in [3.8, 4) is 5.75 Å². The average Bonchev–Trinajstić information content (AvgIpc) is 2.83. The van der Waals surface area contributed by atoms with Gasteiger partial charge in [-0.3, -0.25) is 0 Å². The van der Waals surface area contributed by atoms with Gasteiger partial charge in [0, 0.05) is 17.5 Å². The molecule has 5 heteroatoms. The van der Waals surface area contributed by atoms with Crippen molar-refractivity contribution in [1.82, 2.24) is 4.98 Å². The molecule has 0 aliphatic carbocycles. The third-order valence-electron chi connectivity index (χ3n) is 2.78. The molecule has 0 saturated heterocycles. The van der Waals surface area contributed by atoms with Crippen molar-refractivity contribution < 1.29 is 9.13 Å². The van der Waals surface area contributed by atoms with Crippen molar-refractivity contribution in [3.05, 3.63) is 45.7 Å². The summed E-state index contributed by atoms with van der Waals surface area (Å²) in [7, 11) is 0. The Kier molecular flexibility index (Phi) is 5.09. The predicted molar refractivity (Wildman–Crippen MR) is 79.6 cm³/mol. The topological polar surface area (TPSA) is 48.1 Å². The molecule has 1 atom stereocenters. The van der Waals surface area contributed by atoms with Crippen LogP contribution in [0.4, 0.5) is 4.39 Å². The molecule has 0 spiro atoms. The van der Waals surface area contributed by atoms with Crippen molar-refractivity contribution in [2.24, 2.45) is 5.73 Å². The van der Waals surface area contributed by atoms with E-state index in [-0.39, 0.29) is 11.9 Å². The predicted octanol–water partition coefficient (Wildman–Crippen LogP) is 3.31. The summed E-state index contributed by atoms with van der Waals surface area (Å²) in [6, 6.07) is 4.71. The number of benzene rings is 1. The molecular formula is C15H19FN2OS. The van der Waals surface area contributed by atoms with Crippen LogP contribution in [0.3, 0.4) is 0 Å². The highest BCUT2D eigenvalue weighted by Gasteiger charge is 2.06. The zero-order valence-electron chi connectivity index (χ0n) is 11.7. The van der Waals surface area contributed by atoms with Crippen molar-refractivity contribution >= 4 is 11.3 Å². The molecule has 0 aliphatic rings. The molecule has 1 aromatic carbocycles. The van der Waals surface area contributed by atoms with Crippen molar-refractivity contribution in [3.63, 3.8) is 0 Å². The van der Waals surface area contributed by atoms with E-state index in [0.717, 1.165) is 22.7 Å². The normalized spacial score (nSPS) is 12.4. The van der Waals surface area contributed by atoms with Crippen molar-refractivity contribution in [2.75, 3.05) is 0 Å². The molecule has 3 nitrogen and oxygen atoms in total. The molecule has 0 bridgehead atoms. The lowest BCUT2D eigenvalue weighted by molar-refractivity contribution is 0.300. The van der Waals surface area contributed by atoms with E-state index in [9.17, 15) is 4.39 Å². The van der Waals surface area contributed by atoms with Crippen molar-refractivity contribution in [1.29, 1.82) is 0 Å². The second kappa shape index (κ2) is 6.81. The third kappa shape index (κ3) is 4.28. The summed E-state index contributed by atoms with van der Waals surface area (Å²) in [5.41, 5.74) is 7.46. The van der Waals surface area contributed by atoms with Gasteiger partial charge >= 0.3 is 0 Å². The third-order valence-corrected chi connectivity index (χ3v) is 3.82. The first kappa shape index (κ1) is 14.9. The van der Waals surface area contributed by atoms with E-state index in [1.165, 1.54) is 12.1 Å². The molecule has 20 heavy (non-hydrogen) atoms. The summed E-state index contributed by atoms with van der Waals surface area (Å²) in [6.45, 7) is 4.32. The lowest BCUT2D eigenvalue weighted by atomic mass is 10.1. The first-order valence-corrected chi connectivity index (χ1v) is 7.56. The number of rotatable bonds is 6. The minimum Gasteiger partial charge on any atom is -0.487 e. The fourth-order valence-corrected chi connectivity index (χ4v) is 2.66. The fraction of sp³-hybridized carbons (Fsp3) is 0.400. The van der Waals surface area contributed by atoms with Crippen LogP contribution in [0.1, 0.15) is 30.1 Å². The Bertz CT molecular complexity index is 569. The lowest BCUT2D eigenvalue weighted by Gasteiger charge is -2.09. The molecule has 0 fully saturated rings. The molecular weight excluding hydrogens is 275 g/mol. The number of ether oxygens (including phenoxy) is 1. The number of nitrogens with zero attached hydrogens (tertiary/aromatic N) is 1. The number of aromatic nitrogens is 1. The molecule has 0 saturated carbocycles. The quantitative estimate of drug-likeness (QED) is 0.889. The van der Waals surface area contributed by atoms with E-state index in [1.807, 2.05) is 18.4 Å². The van der Waals surface area contributed by atoms with Crippen LogP contribution in [0.15, 0.2) is 23.6 Å². The van der Waals surface area contributed by atoms with Gasteiger partial charge in [-0.2, -0.15) is 0 Å². The molecule has 0 amide bonds. The van der Waals surface area contributed by atoms with Crippen molar-refractivity contribution in [2.45, 2.75) is 39.3 Å². The SMILES string of the molecule is CCc1nc(COc2cc(F)cc(CC(C)N)c2)cs1. The van der Waals surface area contributed by atoms with Crippen LogP contribution in [0.25, 0.3) is 0 Å². The Morgan fingerprint density at radius 2 is 2.20 bits per heavy atom. The van der Waals surface area contributed by atoms with E-state index in [2.05, 4.69) is 11.9 Å². The van der Waals surface area contributed by atoms with Gasteiger partial charge in [-0.1, -0.05) is 6.92 Å². The maximum atomic E-state index is 13.5. The van der Waals surface area contributed by atoms with Gasteiger partial charge in [0.05, 0.1) is 10.7 Å². The summed E-state index contributed by atoms with van der Waals surface area (Å²) in [5.74, 6) is 0.220. The number of nitrogens with two attached hydrogens (primary N) is 1. The minimum absolute atomic E-state index is 0.00435. The summed E-state index contributed by atoms with van der Waals surface area (Å²) in [6.07, 6.45) is 1.55. The smallest absolute Gasteiger partial charge is 0.131 e. The van der Waals surface area contributed by atoms with Crippen LogP contribution in [-0.4, -0.2) is 11.0 Å². The van der Waals surface area contributed by atoms with Gasteiger partial charge in [0.2, 0.25) is 0 Å². The Hall–Kier alpha value is -1.46. The Morgan fingerprint density at radius 1 is 1.40 bits per heavy atom. The molecule has 1 heterocycles. The van der Waals surface area contributed by atoms with E-state index in [1.54, 1.807) is 11.3 Å². The summed E-state index contributed by atoms with van der Waals surface area (Å²) in [5, 5.41) is 3.06. The Morgan fingerprint density at radius 3 is 2.85 bits per heavy atom. The van der Waals surface area contributed by atoms with E-state index >= 15 is 0 Å². The van der Waals surface area contributed by atoms with Crippen LogP contribution in [0, 0.1) is 5.82 Å². The first-order valence-electron chi connectivity index (χ1n) is 6.68. The van der Waals surface area contributed by atoms with E-state index in [4.69, 9.17) is 10.5 Å². The van der Waals surface area contributed by atoms with Gasteiger partial charge in [0.1, 0.15) is 18.2 Å². The number of hydrogen-bond acceptors (Lipinski definition) is 4. The fourth-order valence-electron chi connectivity index (χ4n) is 1.93. The van der Waals surface area contributed by atoms with Crippen LogP contribution < -0.4 is 10.5 Å². The molecule has 2 N–H and O–H groups in total. The Balaban J connectivity index is 2.03. The van der Waals surface area contributed by atoms with Gasteiger partial charge < -0.3 is 10.5 Å². The maximum Gasteiger partial charge on any atom is 0.131 e. The van der Waals surface area contributed by atoms with Crippen LogP contribution in [-0.2, 0) is 19.4 Å². The highest BCUT2D eigenvalue weighted by molar-refractivity contribution is 7.09. The molecule has 108 valence electrons. The molecule has 1 aromatic heterocycles. The lowest BCUT2D eigenvalue weighted by Crippen LogP contribution is -2.17. The number of hydrogen-bond donors (Lipinski definition) is 1. The summed E-state index contributed by atoms with van der Waals surface area (Å²) >= 11 is 1.62. The largest absolute Gasteiger partial charge is 0.487 e. The second-order valence-electron chi connectivity index (χ2n) is 4.85. The molecule has 0 radical (unpaired) electrons. The summed E-state index contributed by atoms with van der Waals surface area (Å²) in [4.78, 5) is 4.42. The summed E-state index contributed by atoms with van der Waals surface area (Å²) < 4.78 is 19.1. The van der Waals surface area contributed by atoms with Crippen LogP contribution in [0.2, 0.25) is 0 Å². The molecule has 2 rings (SSSR count). The first-order chi connectivity index (χ1) is 9.56. The number of thiazole rings is 1. The highest BCUT2D eigenvalue weighted by Crippen LogP contribution is 2.19. The number of halogens is 1. The monoisotopic (exact) mass is 294 g/mol. The highest BCUT2D eigenvalue weighted by atomic mass is 32.1. The Labute approximate surface area is 122 Å². The van der Waals surface area contributed by atoms with E-state index < -0.39 is 0 Å². The average molecular weight is 294 g/mol. The van der Waals surface area contributed by atoms with Crippen LogP contribution >= 0.6 is 11.3 Å². The second-order valence-corrected chi connectivity index (χ2v) is 5.79. The number of aryl methyl sites for hydroxylation is 1. The van der Waals surface area contributed by atoms with Gasteiger partial charge in [-0.15, -0.1) is 11.3 Å². The molecule has 1 unspecified atom stereocenters. The van der Waals surface area contributed by atoms with Gasteiger partial charge in [-0.05, 0) is 37.5 Å². The van der Waals surface area contributed by atoms with Crippen LogP contribution in [0.5, 0.6) is 5.75 Å². The van der Waals surface area contributed by atoms with E-state index in [0.29, 0.717) is 18.8 Å². The van der Waals surface area contributed by atoms with Gasteiger partial charge in [0.25, 0.3) is 0 Å². The standard InChI is InChI=1S/C15H19FN2OS/c1-3-15-18-13(9-20-15)8-19-14-6-11(4-10(2)17)5-12(16)7-14/h5-7,9-10H,3-4,8,17H2,1-2H3.